The van der Waals surface area contributed by atoms with E-state index in [1.54, 1.807) is 18.3 Å². The van der Waals surface area contributed by atoms with Crippen molar-refractivity contribution >= 4 is 6.21 Å². The van der Waals surface area contributed by atoms with Crippen LogP contribution < -0.4 is 0 Å². The molecule has 2 aromatic carbocycles. The molecule has 2 rings (SSSR count). The van der Waals surface area contributed by atoms with Gasteiger partial charge in [-0.1, -0.05) is 49.4 Å². The zero-order chi connectivity index (χ0) is 12.8. The Hall–Kier alpha value is -2.09. The second-order valence-electron chi connectivity index (χ2n) is 4.17. The van der Waals surface area contributed by atoms with Crippen LogP contribution in [0.3, 0.4) is 0 Å². The third kappa shape index (κ3) is 2.98. The molecular formula is C16H17NO. The predicted octanol–water partition coefficient (Wildman–Crippen LogP) is 3.96. The summed E-state index contributed by atoms with van der Waals surface area (Å²) in [5.41, 5.74) is 1.96. The van der Waals surface area contributed by atoms with Crippen molar-refractivity contribution in [1.29, 1.82) is 0 Å². The van der Waals surface area contributed by atoms with Gasteiger partial charge in [0.05, 0.1) is 6.04 Å². The average molecular weight is 239 g/mol. The van der Waals surface area contributed by atoms with Crippen molar-refractivity contribution in [3.05, 3.63) is 65.7 Å². The van der Waals surface area contributed by atoms with Gasteiger partial charge in [-0.15, -0.1) is 0 Å². The van der Waals surface area contributed by atoms with Crippen LogP contribution in [0.1, 0.15) is 30.5 Å². The standard InChI is InChI=1S/C16H17NO/c1-2-15(13-8-4-3-5-9-13)17-12-14-10-6-7-11-16(14)18/h3-12,15,18H,2H2,1H3/t15-/m1/s1. The maximum atomic E-state index is 9.68. The zero-order valence-electron chi connectivity index (χ0n) is 10.5. The molecule has 1 atom stereocenters. The molecule has 1 N–H and O–H groups in total. The van der Waals surface area contributed by atoms with Crippen molar-refractivity contribution in [2.75, 3.05) is 0 Å². The van der Waals surface area contributed by atoms with Gasteiger partial charge in [0.15, 0.2) is 0 Å². The van der Waals surface area contributed by atoms with Crippen LogP contribution in [0.25, 0.3) is 0 Å². The molecule has 0 aliphatic rings. The third-order valence-electron chi connectivity index (χ3n) is 2.90. The Morgan fingerprint density at radius 3 is 2.39 bits per heavy atom. The highest BCUT2D eigenvalue weighted by molar-refractivity contribution is 5.83. The van der Waals surface area contributed by atoms with E-state index in [9.17, 15) is 5.11 Å². The number of aliphatic imine (C=N–C) groups is 1. The number of benzene rings is 2. The van der Waals surface area contributed by atoms with Crippen molar-refractivity contribution in [3.63, 3.8) is 0 Å². The van der Waals surface area contributed by atoms with Crippen LogP contribution >= 0.6 is 0 Å². The van der Waals surface area contributed by atoms with Crippen LogP contribution in [0.4, 0.5) is 0 Å². The molecule has 92 valence electrons. The lowest BCUT2D eigenvalue weighted by Gasteiger charge is -2.09. The molecule has 0 unspecified atom stereocenters. The van der Waals surface area contributed by atoms with Crippen molar-refractivity contribution in [2.24, 2.45) is 4.99 Å². The van der Waals surface area contributed by atoms with Crippen LogP contribution in [0, 0.1) is 0 Å². The molecule has 0 aromatic heterocycles. The van der Waals surface area contributed by atoms with Crippen LogP contribution in [0.15, 0.2) is 59.6 Å². The highest BCUT2D eigenvalue weighted by atomic mass is 16.3. The van der Waals surface area contributed by atoms with Gasteiger partial charge in [-0.3, -0.25) is 4.99 Å². The van der Waals surface area contributed by atoms with E-state index in [4.69, 9.17) is 0 Å². The summed E-state index contributed by atoms with van der Waals surface area (Å²) in [6.45, 7) is 2.11. The molecule has 2 aromatic rings. The Kier molecular flexibility index (Phi) is 4.13. The van der Waals surface area contributed by atoms with Gasteiger partial charge in [0, 0.05) is 11.8 Å². The van der Waals surface area contributed by atoms with E-state index in [1.165, 1.54) is 5.56 Å². The number of phenols is 1. The van der Waals surface area contributed by atoms with Crippen LogP contribution in [0.2, 0.25) is 0 Å². The molecule has 0 spiro atoms. The minimum Gasteiger partial charge on any atom is -0.507 e. The Morgan fingerprint density at radius 1 is 1.06 bits per heavy atom. The second-order valence-corrected chi connectivity index (χ2v) is 4.17. The third-order valence-corrected chi connectivity index (χ3v) is 2.90. The molecule has 0 fully saturated rings. The van der Waals surface area contributed by atoms with E-state index >= 15 is 0 Å². The summed E-state index contributed by atoms with van der Waals surface area (Å²) in [6.07, 6.45) is 2.69. The number of hydrogen-bond acceptors (Lipinski definition) is 2. The molecule has 2 heteroatoms. The molecule has 0 saturated carbocycles. The maximum Gasteiger partial charge on any atom is 0.124 e. The molecule has 0 aliphatic heterocycles. The second kappa shape index (κ2) is 6.01. The van der Waals surface area contributed by atoms with Crippen molar-refractivity contribution in [3.8, 4) is 5.75 Å². The summed E-state index contributed by atoms with van der Waals surface area (Å²) in [4.78, 5) is 4.56. The SMILES string of the molecule is CC[C@@H](N=Cc1ccccc1O)c1ccccc1. The summed E-state index contributed by atoms with van der Waals surface area (Å²) in [5, 5.41) is 9.68. The maximum absolute atomic E-state index is 9.68. The van der Waals surface area contributed by atoms with Gasteiger partial charge < -0.3 is 5.11 Å². The fourth-order valence-corrected chi connectivity index (χ4v) is 1.87. The topological polar surface area (TPSA) is 32.6 Å². The molecule has 0 bridgehead atoms. The van der Waals surface area contributed by atoms with E-state index in [-0.39, 0.29) is 11.8 Å². The number of hydrogen-bond donors (Lipinski definition) is 1. The molecular weight excluding hydrogens is 222 g/mol. The van der Waals surface area contributed by atoms with E-state index in [1.807, 2.05) is 30.3 Å². The molecule has 0 heterocycles. The Labute approximate surface area is 108 Å². The van der Waals surface area contributed by atoms with Crippen molar-refractivity contribution in [2.45, 2.75) is 19.4 Å². The Balaban J connectivity index is 2.19. The summed E-state index contributed by atoms with van der Waals surface area (Å²) < 4.78 is 0. The highest BCUT2D eigenvalue weighted by Crippen LogP contribution is 2.21. The van der Waals surface area contributed by atoms with E-state index in [0.29, 0.717) is 0 Å². The van der Waals surface area contributed by atoms with Gasteiger partial charge in [-0.2, -0.15) is 0 Å². The molecule has 18 heavy (non-hydrogen) atoms. The number of phenolic OH excluding ortho intramolecular Hbond substituents is 1. The lowest BCUT2D eigenvalue weighted by atomic mass is 10.1. The summed E-state index contributed by atoms with van der Waals surface area (Å²) in [6, 6.07) is 17.6. The van der Waals surface area contributed by atoms with Crippen LogP contribution in [0.5, 0.6) is 5.75 Å². The zero-order valence-corrected chi connectivity index (χ0v) is 10.5. The minimum atomic E-state index is 0.144. The normalized spacial score (nSPS) is 12.7. The summed E-state index contributed by atoms with van der Waals surface area (Å²) in [5.74, 6) is 0.268. The van der Waals surface area contributed by atoms with E-state index in [0.717, 1.165) is 12.0 Å². The van der Waals surface area contributed by atoms with Crippen LogP contribution in [-0.4, -0.2) is 11.3 Å². The van der Waals surface area contributed by atoms with Gasteiger partial charge >= 0.3 is 0 Å². The summed E-state index contributed by atoms with van der Waals surface area (Å²) in [7, 11) is 0. The smallest absolute Gasteiger partial charge is 0.124 e. The minimum absolute atomic E-state index is 0.144. The number of nitrogens with zero attached hydrogens (tertiary/aromatic N) is 1. The Bertz CT molecular complexity index is 520. The quantitative estimate of drug-likeness (QED) is 0.805. The first kappa shape index (κ1) is 12.4. The van der Waals surface area contributed by atoms with Gasteiger partial charge in [0.25, 0.3) is 0 Å². The number of aromatic hydroxyl groups is 1. The van der Waals surface area contributed by atoms with Gasteiger partial charge in [-0.05, 0) is 24.1 Å². The van der Waals surface area contributed by atoms with Gasteiger partial charge in [0.1, 0.15) is 5.75 Å². The van der Waals surface area contributed by atoms with E-state index in [2.05, 4.69) is 24.0 Å². The lowest BCUT2D eigenvalue weighted by Crippen LogP contribution is -1.94. The number of para-hydroxylation sites is 1. The van der Waals surface area contributed by atoms with Gasteiger partial charge in [0.2, 0.25) is 0 Å². The first-order valence-corrected chi connectivity index (χ1v) is 6.17. The lowest BCUT2D eigenvalue weighted by molar-refractivity contribution is 0.474. The number of rotatable bonds is 4. The first-order chi connectivity index (χ1) is 8.81. The van der Waals surface area contributed by atoms with Gasteiger partial charge in [-0.25, -0.2) is 0 Å². The largest absolute Gasteiger partial charge is 0.507 e. The first-order valence-electron chi connectivity index (χ1n) is 6.17. The fraction of sp³-hybridized carbons (Fsp3) is 0.188. The molecule has 2 nitrogen and oxygen atoms in total. The molecule has 0 radical (unpaired) electrons. The molecule has 0 amide bonds. The van der Waals surface area contributed by atoms with Crippen LogP contribution in [-0.2, 0) is 0 Å². The highest BCUT2D eigenvalue weighted by Gasteiger charge is 2.05. The van der Waals surface area contributed by atoms with Crippen molar-refractivity contribution < 1.29 is 5.11 Å². The van der Waals surface area contributed by atoms with E-state index < -0.39 is 0 Å². The Morgan fingerprint density at radius 2 is 1.72 bits per heavy atom. The molecule has 0 aliphatic carbocycles. The van der Waals surface area contributed by atoms with Crippen molar-refractivity contribution in [1.82, 2.24) is 0 Å². The monoisotopic (exact) mass is 239 g/mol. The summed E-state index contributed by atoms with van der Waals surface area (Å²) >= 11 is 0. The molecule has 0 saturated heterocycles. The average Bonchev–Trinajstić information content (AvgIpc) is 2.42. The fourth-order valence-electron chi connectivity index (χ4n) is 1.87. The predicted molar refractivity (Wildman–Crippen MR) is 75.2 cm³/mol.